The van der Waals surface area contributed by atoms with Crippen molar-refractivity contribution in [2.75, 3.05) is 0 Å². The first-order valence-electron chi connectivity index (χ1n) is 7.11. The molecule has 2 aromatic rings. The standard InChI is InChI=1S/C16H19N3O3S/c1-10-13(16(2,3)4)23-15(18(10)5)17-14(20)11-6-8-12(9-7-11)19(21)22/h6-9H,1-5H3. The molecule has 7 heteroatoms. The maximum Gasteiger partial charge on any atom is 0.279 e. The Bertz CT molecular complexity index is 824. The summed E-state index contributed by atoms with van der Waals surface area (Å²) in [7, 11) is 1.88. The molecule has 0 saturated carbocycles. The van der Waals surface area contributed by atoms with E-state index in [9.17, 15) is 14.9 Å². The molecule has 0 radical (unpaired) electrons. The summed E-state index contributed by atoms with van der Waals surface area (Å²) in [6.45, 7) is 8.36. The van der Waals surface area contributed by atoms with Crippen molar-refractivity contribution in [3.8, 4) is 0 Å². The van der Waals surface area contributed by atoms with Gasteiger partial charge < -0.3 is 4.57 Å². The van der Waals surface area contributed by atoms with Gasteiger partial charge in [-0.25, -0.2) is 0 Å². The Balaban J connectivity index is 2.42. The summed E-state index contributed by atoms with van der Waals surface area (Å²) in [4.78, 5) is 28.4. The Morgan fingerprint density at radius 2 is 1.83 bits per heavy atom. The van der Waals surface area contributed by atoms with Crippen molar-refractivity contribution in [3.63, 3.8) is 0 Å². The molecule has 0 bridgehead atoms. The molecule has 0 spiro atoms. The van der Waals surface area contributed by atoms with Gasteiger partial charge in [-0.15, -0.1) is 11.3 Å². The first kappa shape index (κ1) is 17.1. The van der Waals surface area contributed by atoms with Gasteiger partial charge in [-0.05, 0) is 24.5 Å². The number of hydrogen-bond acceptors (Lipinski definition) is 4. The van der Waals surface area contributed by atoms with Crippen molar-refractivity contribution >= 4 is 22.9 Å². The van der Waals surface area contributed by atoms with Crippen LogP contribution < -0.4 is 4.80 Å². The van der Waals surface area contributed by atoms with Crippen molar-refractivity contribution in [1.82, 2.24) is 4.57 Å². The lowest BCUT2D eigenvalue weighted by molar-refractivity contribution is -0.384. The summed E-state index contributed by atoms with van der Waals surface area (Å²) < 4.78 is 1.90. The highest BCUT2D eigenvalue weighted by molar-refractivity contribution is 7.09. The van der Waals surface area contributed by atoms with Crippen LogP contribution >= 0.6 is 11.3 Å². The smallest absolute Gasteiger partial charge is 0.279 e. The topological polar surface area (TPSA) is 77.5 Å². The average Bonchev–Trinajstić information content (AvgIpc) is 2.75. The van der Waals surface area contributed by atoms with E-state index in [2.05, 4.69) is 25.8 Å². The number of carbonyl (C=O) groups excluding carboxylic acids is 1. The molecule has 0 atom stereocenters. The summed E-state index contributed by atoms with van der Waals surface area (Å²) in [6, 6.07) is 5.47. The Labute approximate surface area is 138 Å². The molecule has 0 unspecified atom stereocenters. The van der Waals surface area contributed by atoms with Gasteiger partial charge in [0.2, 0.25) is 0 Å². The number of nitro benzene ring substituents is 1. The molecular weight excluding hydrogens is 314 g/mol. The largest absolute Gasteiger partial charge is 0.324 e. The minimum absolute atomic E-state index is 0.0172. The van der Waals surface area contributed by atoms with Crippen molar-refractivity contribution < 1.29 is 9.72 Å². The summed E-state index contributed by atoms with van der Waals surface area (Å²) in [5.41, 5.74) is 1.35. The molecular formula is C16H19N3O3S. The predicted octanol–water partition coefficient (Wildman–Crippen LogP) is 3.34. The molecule has 0 aliphatic rings. The number of benzene rings is 1. The third kappa shape index (κ3) is 3.56. The molecule has 6 nitrogen and oxygen atoms in total. The summed E-state index contributed by atoms with van der Waals surface area (Å²) >= 11 is 1.49. The first-order chi connectivity index (χ1) is 10.6. The van der Waals surface area contributed by atoms with Gasteiger partial charge in [0.1, 0.15) is 0 Å². The third-order valence-corrected chi connectivity index (χ3v) is 5.18. The van der Waals surface area contributed by atoms with E-state index in [1.165, 1.54) is 40.5 Å². The van der Waals surface area contributed by atoms with E-state index in [0.29, 0.717) is 10.4 Å². The van der Waals surface area contributed by atoms with Gasteiger partial charge in [-0.2, -0.15) is 4.99 Å². The Morgan fingerprint density at radius 3 is 2.26 bits per heavy atom. The number of non-ortho nitro benzene ring substituents is 1. The SMILES string of the molecule is Cc1c(C(C)(C)C)sc(=NC(=O)c2ccc([N+](=O)[O-])cc2)n1C. The number of amides is 1. The van der Waals surface area contributed by atoms with Crippen LogP contribution in [-0.4, -0.2) is 15.4 Å². The summed E-state index contributed by atoms with van der Waals surface area (Å²) in [5.74, 6) is -0.405. The van der Waals surface area contributed by atoms with E-state index in [4.69, 9.17) is 0 Å². The molecule has 0 saturated heterocycles. The zero-order chi connectivity index (χ0) is 17.4. The van der Waals surface area contributed by atoms with Gasteiger partial charge in [0.05, 0.1) is 4.92 Å². The molecule has 1 aromatic carbocycles. The van der Waals surface area contributed by atoms with E-state index in [-0.39, 0.29) is 11.1 Å². The number of carbonyl (C=O) groups is 1. The minimum Gasteiger partial charge on any atom is -0.324 e. The Hall–Kier alpha value is -2.28. The van der Waals surface area contributed by atoms with Gasteiger partial charge in [-0.3, -0.25) is 14.9 Å². The van der Waals surface area contributed by atoms with Crippen LogP contribution in [0.4, 0.5) is 5.69 Å². The first-order valence-corrected chi connectivity index (χ1v) is 7.93. The van der Waals surface area contributed by atoms with E-state index in [1.807, 2.05) is 18.5 Å². The molecule has 1 amide bonds. The van der Waals surface area contributed by atoms with E-state index in [1.54, 1.807) is 0 Å². The monoisotopic (exact) mass is 333 g/mol. The van der Waals surface area contributed by atoms with Crippen LogP contribution in [0.1, 0.15) is 41.7 Å². The lowest BCUT2D eigenvalue weighted by Gasteiger charge is -2.17. The zero-order valence-electron chi connectivity index (χ0n) is 13.8. The summed E-state index contributed by atoms with van der Waals surface area (Å²) in [6.07, 6.45) is 0. The zero-order valence-corrected chi connectivity index (χ0v) is 14.6. The van der Waals surface area contributed by atoms with Crippen LogP contribution in [0.3, 0.4) is 0 Å². The maximum atomic E-state index is 12.3. The minimum atomic E-state index is -0.496. The van der Waals surface area contributed by atoms with Crippen molar-refractivity contribution in [2.45, 2.75) is 33.1 Å². The summed E-state index contributed by atoms with van der Waals surface area (Å²) in [5, 5.41) is 10.6. The van der Waals surface area contributed by atoms with Crippen LogP contribution in [0, 0.1) is 17.0 Å². The van der Waals surface area contributed by atoms with Gasteiger partial charge >= 0.3 is 0 Å². The number of nitrogens with zero attached hydrogens (tertiary/aromatic N) is 3. The van der Waals surface area contributed by atoms with Gasteiger partial charge in [0, 0.05) is 35.3 Å². The average molecular weight is 333 g/mol. The second kappa shape index (κ2) is 6.08. The molecule has 0 aliphatic heterocycles. The molecule has 1 heterocycles. The van der Waals surface area contributed by atoms with Gasteiger partial charge in [-0.1, -0.05) is 20.8 Å². The quantitative estimate of drug-likeness (QED) is 0.624. The van der Waals surface area contributed by atoms with E-state index in [0.717, 1.165) is 5.69 Å². The lowest BCUT2D eigenvalue weighted by Crippen LogP contribution is -2.15. The van der Waals surface area contributed by atoms with Crippen molar-refractivity contribution in [1.29, 1.82) is 0 Å². The second-order valence-electron chi connectivity index (χ2n) is 6.33. The molecule has 0 N–H and O–H groups in total. The molecule has 23 heavy (non-hydrogen) atoms. The highest BCUT2D eigenvalue weighted by atomic mass is 32.1. The van der Waals surface area contributed by atoms with Crippen LogP contribution in [0.25, 0.3) is 0 Å². The lowest BCUT2D eigenvalue weighted by atomic mass is 9.93. The third-order valence-electron chi connectivity index (χ3n) is 3.52. The fraction of sp³-hybridized carbons (Fsp3) is 0.375. The van der Waals surface area contributed by atoms with Crippen LogP contribution in [-0.2, 0) is 12.5 Å². The van der Waals surface area contributed by atoms with Crippen LogP contribution in [0.15, 0.2) is 29.3 Å². The van der Waals surface area contributed by atoms with Crippen molar-refractivity contribution in [3.05, 3.63) is 55.3 Å². The normalized spacial score (nSPS) is 12.5. The highest BCUT2D eigenvalue weighted by Crippen LogP contribution is 2.27. The van der Waals surface area contributed by atoms with Crippen molar-refractivity contribution in [2.24, 2.45) is 12.0 Å². The highest BCUT2D eigenvalue weighted by Gasteiger charge is 2.21. The Morgan fingerprint density at radius 1 is 1.26 bits per heavy atom. The number of aromatic nitrogens is 1. The number of rotatable bonds is 2. The molecule has 2 rings (SSSR count). The maximum absolute atomic E-state index is 12.3. The Kier molecular flexibility index (Phi) is 4.51. The number of nitro groups is 1. The van der Waals surface area contributed by atoms with Gasteiger partial charge in [0.15, 0.2) is 4.80 Å². The van der Waals surface area contributed by atoms with Crippen LogP contribution in [0.2, 0.25) is 0 Å². The fourth-order valence-electron chi connectivity index (χ4n) is 2.20. The molecule has 0 fully saturated rings. The predicted molar refractivity (Wildman–Crippen MR) is 89.7 cm³/mol. The van der Waals surface area contributed by atoms with Crippen LogP contribution in [0.5, 0.6) is 0 Å². The molecule has 1 aromatic heterocycles. The number of thiazole rings is 1. The number of hydrogen-bond donors (Lipinski definition) is 0. The van der Waals surface area contributed by atoms with E-state index < -0.39 is 10.8 Å². The molecule has 0 aliphatic carbocycles. The van der Waals surface area contributed by atoms with Gasteiger partial charge in [0.25, 0.3) is 11.6 Å². The van der Waals surface area contributed by atoms with E-state index >= 15 is 0 Å². The second-order valence-corrected chi connectivity index (χ2v) is 7.31. The molecule has 122 valence electrons. The fourth-order valence-corrected chi connectivity index (χ4v) is 3.38.